The highest BCUT2D eigenvalue weighted by Crippen LogP contribution is 2.13. The molecule has 1 heterocycles. The van der Waals surface area contributed by atoms with Crippen molar-refractivity contribution in [1.29, 1.82) is 0 Å². The monoisotopic (exact) mass is 199 g/mol. The molecule has 0 aromatic carbocycles. The summed E-state index contributed by atoms with van der Waals surface area (Å²) in [4.78, 5) is 11.7. The van der Waals surface area contributed by atoms with Gasteiger partial charge in [-0.15, -0.1) is 0 Å². The van der Waals surface area contributed by atoms with Crippen LogP contribution in [0.4, 0.5) is 0 Å². The molecule has 1 fully saturated rings. The van der Waals surface area contributed by atoms with Crippen molar-refractivity contribution in [2.45, 2.75) is 58.1 Å². The average molecular weight is 199 g/mol. The first-order chi connectivity index (χ1) is 6.49. The van der Waals surface area contributed by atoms with Crippen molar-refractivity contribution < 1.29 is 9.53 Å². The second-order valence-electron chi connectivity index (χ2n) is 4.89. The van der Waals surface area contributed by atoms with Crippen LogP contribution in [0.25, 0.3) is 0 Å². The third-order valence-electron chi connectivity index (χ3n) is 2.25. The Labute approximate surface area is 86.2 Å². The van der Waals surface area contributed by atoms with Gasteiger partial charge in [0.15, 0.2) is 0 Å². The van der Waals surface area contributed by atoms with Gasteiger partial charge in [-0.05, 0) is 40.2 Å². The van der Waals surface area contributed by atoms with Gasteiger partial charge in [-0.1, -0.05) is 12.8 Å². The molecule has 1 rings (SSSR count). The van der Waals surface area contributed by atoms with Crippen molar-refractivity contribution in [2.24, 2.45) is 0 Å². The molecular formula is C11H21NO2. The predicted octanol–water partition coefficient (Wildman–Crippen LogP) is 1.86. The maximum absolute atomic E-state index is 11.7. The van der Waals surface area contributed by atoms with Crippen LogP contribution in [0.2, 0.25) is 0 Å². The Morgan fingerprint density at radius 1 is 1.29 bits per heavy atom. The summed E-state index contributed by atoms with van der Waals surface area (Å²) in [5.41, 5.74) is -0.370. The lowest BCUT2D eigenvalue weighted by Gasteiger charge is -2.23. The van der Waals surface area contributed by atoms with Gasteiger partial charge in [0.2, 0.25) is 0 Å². The van der Waals surface area contributed by atoms with Gasteiger partial charge < -0.3 is 10.1 Å². The molecule has 1 atom stereocenters. The van der Waals surface area contributed by atoms with E-state index in [1.54, 1.807) is 0 Å². The Bertz CT molecular complexity index is 188. The Morgan fingerprint density at radius 3 is 2.64 bits per heavy atom. The molecule has 0 amide bonds. The van der Waals surface area contributed by atoms with E-state index in [9.17, 15) is 4.79 Å². The lowest BCUT2D eigenvalue weighted by atomic mass is 10.1. The molecule has 0 aromatic rings. The molecule has 1 aliphatic heterocycles. The first kappa shape index (κ1) is 11.5. The molecule has 0 bridgehead atoms. The van der Waals surface area contributed by atoms with Crippen molar-refractivity contribution in [3.05, 3.63) is 0 Å². The average Bonchev–Trinajstić information content (AvgIpc) is 2.27. The Kier molecular flexibility index (Phi) is 3.93. The smallest absolute Gasteiger partial charge is 0.323 e. The highest BCUT2D eigenvalue weighted by Gasteiger charge is 2.25. The van der Waals surface area contributed by atoms with Crippen LogP contribution in [-0.2, 0) is 9.53 Å². The standard InChI is InChI=1S/C11H21NO2/c1-11(2,3)14-10(13)9-7-5-4-6-8-12-9/h9,12H,4-8H2,1-3H3/t9-/m0/s1. The molecular weight excluding hydrogens is 178 g/mol. The van der Waals surface area contributed by atoms with Crippen LogP contribution in [0.15, 0.2) is 0 Å². The lowest BCUT2D eigenvalue weighted by molar-refractivity contribution is -0.157. The van der Waals surface area contributed by atoms with Crippen LogP contribution < -0.4 is 5.32 Å². The van der Waals surface area contributed by atoms with Crippen LogP contribution in [-0.4, -0.2) is 24.2 Å². The first-order valence-corrected chi connectivity index (χ1v) is 5.45. The van der Waals surface area contributed by atoms with E-state index in [0.717, 1.165) is 19.4 Å². The van der Waals surface area contributed by atoms with Crippen LogP contribution in [0.1, 0.15) is 46.5 Å². The van der Waals surface area contributed by atoms with Gasteiger partial charge in [-0.3, -0.25) is 4.79 Å². The molecule has 0 aromatic heterocycles. The molecule has 0 aliphatic carbocycles. The van der Waals surface area contributed by atoms with Gasteiger partial charge in [-0.25, -0.2) is 0 Å². The van der Waals surface area contributed by atoms with Crippen molar-refractivity contribution in [2.75, 3.05) is 6.54 Å². The minimum absolute atomic E-state index is 0.0864. The number of hydrogen-bond donors (Lipinski definition) is 1. The maximum atomic E-state index is 11.7. The molecule has 3 heteroatoms. The maximum Gasteiger partial charge on any atom is 0.323 e. The molecule has 1 saturated heterocycles. The summed E-state index contributed by atoms with van der Waals surface area (Å²) >= 11 is 0. The van der Waals surface area contributed by atoms with Gasteiger partial charge in [0, 0.05) is 0 Å². The first-order valence-electron chi connectivity index (χ1n) is 5.45. The molecule has 82 valence electrons. The Balaban J connectivity index is 2.42. The molecule has 1 N–H and O–H groups in total. The highest BCUT2D eigenvalue weighted by molar-refractivity contribution is 5.76. The number of nitrogens with one attached hydrogen (secondary N) is 1. The number of ether oxygens (including phenoxy) is 1. The van der Waals surface area contributed by atoms with Gasteiger partial charge in [0.25, 0.3) is 0 Å². The minimum Gasteiger partial charge on any atom is -0.459 e. The van der Waals surface area contributed by atoms with Crippen LogP contribution in [0.5, 0.6) is 0 Å². The SMILES string of the molecule is CC(C)(C)OC(=O)[C@@H]1CCCCCN1. The molecule has 0 radical (unpaired) electrons. The third kappa shape index (κ3) is 4.09. The molecule has 14 heavy (non-hydrogen) atoms. The number of rotatable bonds is 1. The van der Waals surface area contributed by atoms with E-state index in [1.165, 1.54) is 12.8 Å². The third-order valence-corrected chi connectivity index (χ3v) is 2.25. The van der Waals surface area contributed by atoms with E-state index in [-0.39, 0.29) is 17.6 Å². The Morgan fingerprint density at radius 2 is 2.00 bits per heavy atom. The summed E-state index contributed by atoms with van der Waals surface area (Å²) in [5, 5.41) is 3.23. The summed E-state index contributed by atoms with van der Waals surface area (Å²) in [6, 6.07) is -0.0864. The van der Waals surface area contributed by atoms with E-state index in [0.29, 0.717) is 0 Å². The van der Waals surface area contributed by atoms with Crippen LogP contribution in [0.3, 0.4) is 0 Å². The highest BCUT2D eigenvalue weighted by atomic mass is 16.6. The summed E-state index contributed by atoms with van der Waals surface area (Å²) < 4.78 is 5.33. The van der Waals surface area contributed by atoms with E-state index < -0.39 is 0 Å². The zero-order valence-electron chi connectivity index (χ0n) is 9.43. The fourth-order valence-electron chi connectivity index (χ4n) is 1.60. The fraction of sp³-hybridized carbons (Fsp3) is 0.909. The predicted molar refractivity (Wildman–Crippen MR) is 56.1 cm³/mol. The summed E-state index contributed by atoms with van der Waals surface area (Å²) in [5.74, 6) is -0.0978. The fourth-order valence-corrected chi connectivity index (χ4v) is 1.60. The van der Waals surface area contributed by atoms with E-state index in [4.69, 9.17) is 4.74 Å². The number of hydrogen-bond acceptors (Lipinski definition) is 3. The van der Waals surface area contributed by atoms with E-state index in [2.05, 4.69) is 5.32 Å². The number of carbonyl (C=O) groups excluding carboxylic acids is 1. The van der Waals surface area contributed by atoms with Gasteiger partial charge in [0.05, 0.1) is 0 Å². The van der Waals surface area contributed by atoms with Crippen molar-refractivity contribution >= 4 is 5.97 Å². The van der Waals surface area contributed by atoms with Gasteiger partial charge in [-0.2, -0.15) is 0 Å². The van der Waals surface area contributed by atoms with Crippen molar-refractivity contribution in [3.63, 3.8) is 0 Å². The van der Waals surface area contributed by atoms with Crippen molar-refractivity contribution in [3.8, 4) is 0 Å². The quantitative estimate of drug-likeness (QED) is 0.655. The van der Waals surface area contributed by atoms with Crippen LogP contribution >= 0.6 is 0 Å². The molecule has 0 unspecified atom stereocenters. The number of carbonyl (C=O) groups is 1. The summed E-state index contributed by atoms with van der Waals surface area (Å²) in [6.45, 7) is 6.65. The van der Waals surface area contributed by atoms with E-state index >= 15 is 0 Å². The minimum atomic E-state index is -0.370. The topological polar surface area (TPSA) is 38.3 Å². The summed E-state index contributed by atoms with van der Waals surface area (Å²) in [6.07, 6.45) is 4.41. The van der Waals surface area contributed by atoms with Crippen LogP contribution in [0, 0.1) is 0 Å². The molecule has 0 saturated carbocycles. The zero-order chi connectivity index (χ0) is 10.6. The van der Waals surface area contributed by atoms with Crippen molar-refractivity contribution in [1.82, 2.24) is 5.32 Å². The normalized spacial score (nSPS) is 24.1. The lowest BCUT2D eigenvalue weighted by Crippen LogP contribution is -2.40. The number of esters is 1. The molecule has 3 nitrogen and oxygen atoms in total. The van der Waals surface area contributed by atoms with Gasteiger partial charge >= 0.3 is 5.97 Å². The molecule has 1 aliphatic rings. The Hall–Kier alpha value is -0.570. The summed E-state index contributed by atoms with van der Waals surface area (Å²) in [7, 11) is 0. The van der Waals surface area contributed by atoms with E-state index in [1.807, 2.05) is 20.8 Å². The largest absolute Gasteiger partial charge is 0.459 e. The second kappa shape index (κ2) is 4.78. The zero-order valence-corrected chi connectivity index (χ0v) is 9.43. The van der Waals surface area contributed by atoms with Gasteiger partial charge in [0.1, 0.15) is 11.6 Å². The second-order valence-corrected chi connectivity index (χ2v) is 4.89. The molecule has 0 spiro atoms.